The number of hydrogen-bond donors (Lipinski definition) is 2. The Bertz CT molecular complexity index is 277. The highest BCUT2D eigenvalue weighted by Gasteiger charge is 2.11. The summed E-state index contributed by atoms with van der Waals surface area (Å²) in [4.78, 5) is 0. The molecular weight excluding hydrogens is 179 g/mol. The van der Waals surface area contributed by atoms with Crippen molar-refractivity contribution >= 4 is 7.32 Å². The second-order valence-electron chi connectivity index (χ2n) is 3.14. The van der Waals surface area contributed by atoms with Crippen molar-refractivity contribution in [2.45, 2.75) is 26.7 Å². The van der Waals surface area contributed by atoms with Gasteiger partial charge >= 0.3 is 7.32 Å². The Hall–Kier alpha value is -0.995. The molecule has 3 nitrogen and oxygen atoms in total. The molecule has 0 amide bonds. The molecule has 0 aliphatic rings. The zero-order valence-corrected chi connectivity index (χ0v) is 8.53. The smallest absolute Gasteiger partial charge is 0.512 e. The summed E-state index contributed by atoms with van der Waals surface area (Å²) in [5.74, 6) is 0.510. The predicted octanol–water partition coefficient (Wildman–Crippen LogP) is 1.16. The SMILES string of the molecule is CCc1cc(CC)cc(OB(O)O)c1. The molecule has 2 N–H and O–H groups in total. The summed E-state index contributed by atoms with van der Waals surface area (Å²) in [6.07, 6.45) is 1.82. The van der Waals surface area contributed by atoms with Gasteiger partial charge in [-0.3, -0.25) is 0 Å². The lowest BCUT2D eigenvalue weighted by Gasteiger charge is -2.08. The number of hydrogen-bond acceptors (Lipinski definition) is 3. The molecule has 4 heteroatoms. The van der Waals surface area contributed by atoms with Crippen molar-refractivity contribution in [2.24, 2.45) is 0 Å². The van der Waals surface area contributed by atoms with E-state index in [9.17, 15) is 0 Å². The minimum atomic E-state index is -1.74. The van der Waals surface area contributed by atoms with Crippen LogP contribution in [-0.4, -0.2) is 17.4 Å². The highest BCUT2D eigenvalue weighted by molar-refractivity contribution is 6.33. The van der Waals surface area contributed by atoms with Crippen LogP contribution >= 0.6 is 0 Å². The third kappa shape index (κ3) is 3.05. The van der Waals surface area contributed by atoms with E-state index in [1.54, 1.807) is 0 Å². The Kier molecular flexibility index (Phi) is 3.98. The van der Waals surface area contributed by atoms with E-state index in [4.69, 9.17) is 14.7 Å². The Morgan fingerprint density at radius 3 is 1.93 bits per heavy atom. The van der Waals surface area contributed by atoms with Crippen LogP contribution in [0.4, 0.5) is 0 Å². The molecule has 76 valence electrons. The van der Waals surface area contributed by atoms with Crippen LogP contribution in [0.5, 0.6) is 5.75 Å². The monoisotopic (exact) mass is 194 g/mol. The van der Waals surface area contributed by atoms with Crippen molar-refractivity contribution in [2.75, 3.05) is 0 Å². The summed E-state index contributed by atoms with van der Waals surface area (Å²) >= 11 is 0. The van der Waals surface area contributed by atoms with Gasteiger partial charge < -0.3 is 14.7 Å². The van der Waals surface area contributed by atoms with Crippen molar-refractivity contribution in [1.82, 2.24) is 0 Å². The first-order chi connectivity index (χ1) is 6.65. The van der Waals surface area contributed by atoms with Gasteiger partial charge in [0, 0.05) is 0 Å². The lowest BCUT2D eigenvalue weighted by molar-refractivity contribution is 0.288. The molecule has 0 bridgehead atoms. The zero-order valence-electron chi connectivity index (χ0n) is 8.53. The first-order valence-corrected chi connectivity index (χ1v) is 4.81. The first-order valence-electron chi connectivity index (χ1n) is 4.81. The minimum Gasteiger partial charge on any atom is -0.512 e. The van der Waals surface area contributed by atoms with Gasteiger partial charge in [0.1, 0.15) is 5.75 Å². The average molecular weight is 194 g/mol. The van der Waals surface area contributed by atoms with Crippen LogP contribution in [-0.2, 0) is 12.8 Å². The Labute approximate surface area is 84.5 Å². The third-order valence-corrected chi connectivity index (χ3v) is 2.08. The van der Waals surface area contributed by atoms with Gasteiger partial charge in [0.25, 0.3) is 0 Å². The van der Waals surface area contributed by atoms with Gasteiger partial charge in [-0.25, -0.2) is 0 Å². The molecule has 0 spiro atoms. The second-order valence-corrected chi connectivity index (χ2v) is 3.14. The van der Waals surface area contributed by atoms with E-state index in [1.807, 2.05) is 26.0 Å². The molecule has 1 rings (SSSR count). The molecule has 0 heterocycles. The fraction of sp³-hybridized carbons (Fsp3) is 0.400. The van der Waals surface area contributed by atoms with Gasteiger partial charge in [0.15, 0.2) is 0 Å². The van der Waals surface area contributed by atoms with Crippen molar-refractivity contribution in [3.05, 3.63) is 29.3 Å². The van der Waals surface area contributed by atoms with Crippen LogP contribution in [0.2, 0.25) is 0 Å². The predicted molar refractivity (Wildman–Crippen MR) is 56.0 cm³/mol. The van der Waals surface area contributed by atoms with E-state index >= 15 is 0 Å². The van der Waals surface area contributed by atoms with E-state index in [2.05, 4.69) is 6.07 Å². The van der Waals surface area contributed by atoms with Crippen molar-refractivity contribution in [1.29, 1.82) is 0 Å². The van der Waals surface area contributed by atoms with Gasteiger partial charge in [0.2, 0.25) is 0 Å². The molecule has 0 saturated carbocycles. The molecule has 1 aromatic carbocycles. The van der Waals surface area contributed by atoms with Crippen LogP contribution in [0, 0.1) is 0 Å². The summed E-state index contributed by atoms with van der Waals surface area (Å²) in [6, 6.07) is 5.73. The molecule has 0 fully saturated rings. The molecule has 1 aromatic rings. The highest BCUT2D eigenvalue weighted by Crippen LogP contribution is 2.18. The molecule has 0 unspecified atom stereocenters. The van der Waals surface area contributed by atoms with E-state index in [0.29, 0.717) is 5.75 Å². The summed E-state index contributed by atoms with van der Waals surface area (Å²) in [7, 11) is -1.74. The summed E-state index contributed by atoms with van der Waals surface area (Å²) in [5, 5.41) is 17.3. The Morgan fingerprint density at radius 2 is 1.57 bits per heavy atom. The number of rotatable bonds is 4. The molecule has 0 saturated heterocycles. The lowest BCUT2D eigenvalue weighted by Crippen LogP contribution is -2.20. The minimum absolute atomic E-state index is 0.510. The fourth-order valence-corrected chi connectivity index (χ4v) is 1.33. The topological polar surface area (TPSA) is 49.7 Å². The quantitative estimate of drug-likeness (QED) is 0.707. The van der Waals surface area contributed by atoms with Gasteiger partial charge in [-0.05, 0) is 36.1 Å². The normalized spacial score (nSPS) is 10.0. The summed E-state index contributed by atoms with van der Waals surface area (Å²) in [6.45, 7) is 4.10. The number of aryl methyl sites for hydroxylation is 2. The highest BCUT2D eigenvalue weighted by atomic mass is 16.6. The largest absolute Gasteiger partial charge is 0.707 e. The molecule has 0 radical (unpaired) electrons. The maximum absolute atomic E-state index is 8.67. The zero-order chi connectivity index (χ0) is 10.6. The Morgan fingerprint density at radius 1 is 1.07 bits per heavy atom. The maximum atomic E-state index is 8.67. The Balaban J connectivity index is 2.92. The third-order valence-electron chi connectivity index (χ3n) is 2.08. The summed E-state index contributed by atoms with van der Waals surface area (Å²) in [5.41, 5.74) is 2.28. The molecular formula is C10H15BO3. The van der Waals surface area contributed by atoms with Crippen molar-refractivity contribution in [3.63, 3.8) is 0 Å². The van der Waals surface area contributed by atoms with Gasteiger partial charge in [-0.1, -0.05) is 19.9 Å². The summed E-state index contributed by atoms with van der Waals surface area (Å²) < 4.78 is 4.81. The molecule has 14 heavy (non-hydrogen) atoms. The lowest BCUT2D eigenvalue weighted by atomic mass is 10.1. The van der Waals surface area contributed by atoms with E-state index in [1.165, 1.54) is 0 Å². The maximum Gasteiger partial charge on any atom is 0.707 e. The van der Waals surface area contributed by atoms with E-state index in [0.717, 1.165) is 24.0 Å². The van der Waals surface area contributed by atoms with Gasteiger partial charge in [0.05, 0.1) is 0 Å². The fourth-order valence-electron chi connectivity index (χ4n) is 1.33. The van der Waals surface area contributed by atoms with Crippen LogP contribution in [0.1, 0.15) is 25.0 Å². The average Bonchev–Trinajstić information content (AvgIpc) is 2.16. The van der Waals surface area contributed by atoms with E-state index < -0.39 is 7.32 Å². The van der Waals surface area contributed by atoms with Crippen molar-refractivity contribution in [3.8, 4) is 5.75 Å². The van der Waals surface area contributed by atoms with Crippen LogP contribution in [0.25, 0.3) is 0 Å². The molecule has 0 aliphatic carbocycles. The van der Waals surface area contributed by atoms with Gasteiger partial charge in [-0.15, -0.1) is 0 Å². The first kappa shape index (κ1) is 11.1. The second kappa shape index (κ2) is 5.03. The molecule has 0 aliphatic heterocycles. The molecule has 0 aromatic heterocycles. The standard InChI is InChI=1S/C10H15BO3/c1-3-8-5-9(4-2)7-10(6-8)14-11(12)13/h5-7,12-13H,3-4H2,1-2H3. The van der Waals surface area contributed by atoms with Crippen LogP contribution in [0.15, 0.2) is 18.2 Å². The van der Waals surface area contributed by atoms with Crippen LogP contribution in [0.3, 0.4) is 0 Å². The van der Waals surface area contributed by atoms with Gasteiger partial charge in [-0.2, -0.15) is 0 Å². The van der Waals surface area contributed by atoms with E-state index in [-0.39, 0.29) is 0 Å². The number of benzene rings is 1. The van der Waals surface area contributed by atoms with Crippen LogP contribution < -0.4 is 4.65 Å². The van der Waals surface area contributed by atoms with Crippen molar-refractivity contribution < 1.29 is 14.7 Å². The molecule has 0 atom stereocenters.